The van der Waals surface area contributed by atoms with Crippen molar-refractivity contribution >= 4 is 5.91 Å². The number of phenols is 2. The molecule has 15 heavy (non-hydrogen) atoms. The fourth-order valence-corrected chi connectivity index (χ4v) is 1.06. The lowest BCUT2D eigenvalue weighted by atomic mass is 10.1. The predicted molar refractivity (Wildman–Crippen MR) is 53.8 cm³/mol. The van der Waals surface area contributed by atoms with Crippen molar-refractivity contribution in [3.8, 4) is 11.5 Å². The van der Waals surface area contributed by atoms with Gasteiger partial charge in [0.25, 0.3) is 5.91 Å². The number of aliphatic hydroxyl groups excluding tert-OH is 1. The Labute approximate surface area is 87.0 Å². The highest BCUT2D eigenvalue weighted by atomic mass is 16.3. The zero-order chi connectivity index (χ0) is 11.4. The molecule has 0 heterocycles. The van der Waals surface area contributed by atoms with Crippen LogP contribution in [0, 0.1) is 0 Å². The fraction of sp³-hybridized carbons (Fsp3) is 0.300. The van der Waals surface area contributed by atoms with Crippen LogP contribution in [0.25, 0.3) is 0 Å². The fourth-order valence-electron chi connectivity index (χ4n) is 1.06. The molecule has 0 saturated heterocycles. The molecular weight excluding hydrogens is 198 g/mol. The summed E-state index contributed by atoms with van der Waals surface area (Å²) in [7, 11) is 0. The van der Waals surface area contributed by atoms with Crippen molar-refractivity contribution in [1.29, 1.82) is 0 Å². The molecule has 82 valence electrons. The molecule has 0 aliphatic heterocycles. The average molecular weight is 211 g/mol. The smallest absolute Gasteiger partial charge is 0.255 e. The second kappa shape index (κ2) is 4.65. The summed E-state index contributed by atoms with van der Waals surface area (Å²) < 4.78 is 0. The second-order valence-electron chi connectivity index (χ2n) is 3.23. The van der Waals surface area contributed by atoms with Crippen LogP contribution in [0.4, 0.5) is 0 Å². The Kier molecular flexibility index (Phi) is 3.51. The molecule has 1 amide bonds. The van der Waals surface area contributed by atoms with E-state index in [0.29, 0.717) is 0 Å². The summed E-state index contributed by atoms with van der Waals surface area (Å²) in [6, 6.07) is 3.71. The molecular formula is C10H13NO4. The van der Waals surface area contributed by atoms with E-state index < -0.39 is 17.7 Å². The van der Waals surface area contributed by atoms with Gasteiger partial charge in [-0.1, -0.05) is 6.07 Å². The Bertz CT molecular complexity index is 364. The third-order valence-corrected chi connectivity index (χ3v) is 1.91. The van der Waals surface area contributed by atoms with Gasteiger partial charge in [-0.05, 0) is 19.1 Å². The minimum Gasteiger partial charge on any atom is -0.504 e. The lowest BCUT2D eigenvalue weighted by Crippen LogP contribution is -2.34. The third-order valence-electron chi connectivity index (χ3n) is 1.91. The number of amides is 1. The number of nitrogens with one attached hydrogen (secondary N) is 1. The number of carbonyl (C=O) groups excluding carboxylic acids is 1. The number of hydrogen-bond acceptors (Lipinski definition) is 4. The van der Waals surface area contributed by atoms with E-state index >= 15 is 0 Å². The van der Waals surface area contributed by atoms with Crippen molar-refractivity contribution in [2.45, 2.75) is 13.0 Å². The quantitative estimate of drug-likeness (QED) is 0.538. The maximum absolute atomic E-state index is 11.5. The molecule has 0 aromatic heterocycles. The number of phenolic OH excluding ortho intramolecular Hbond substituents is 2. The van der Waals surface area contributed by atoms with Gasteiger partial charge in [0.15, 0.2) is 11.5 Å². The van der Waals surface area contributed by atoms with E-state index in [1.807, 2.05) is 0 Å². The Morgan fingerprint density at radius 1 is 1.47 bits per heavy atom. The largest absolute Gasteiger partial charge is 0.504 e. The minimum atomic E-state index is -0.537. The van der Waals surface area contributed by atoms with Gasteiger partial charge in [-0.25, -0.2) is 0 Å². The number of aliphatic hydroxyl groups is 1. The highest BCUT2D eigenvalue weighted by Crippen LogP contribution is 2.27. The van der Waals surface area contributed by atoms with E-state index in [0.717, 1.165) is 0 Å². The molecule has 0 fully saturated rings. The number of carbonyl (C=O) groups is 1. The molecule has 0 aliphatic rings. The van der Waals surface area contributed by atoms with E-state index in [-0.39, 0.29) is 17.9 Å². The van der Waals surface area contributed by atoms with Crippen LogP contribution in [0.3, 0.4) is 0 Å². The normalized spacial score (nSPS) is 12.1. The third kappa shape index (κ3) is 2.60. The van der Waals surface area contributed by atoms with Crippen molar-refractivity contribution in [1.82, 2.24) is 5.32 Å². The highest BCUT2D eigenvalue weighted by Gasteiger charge is 2.15. The first-order valence-corrected chi connectivity index (χ1v) is 4.49. The van der Waals surface area contributed by atoms with Gasteiger partial charge in [-0.15, -0.1) is 0 Å². The van der Waals surface area contributed by atoms with Gasteiger partial charge in [-0.3, -0.25) is 4.79 Å². The first kappa shape index (κ1) is 11.3. The van der Waals surface area contributed by atoms with Crippen LogP contribution in [0.1, 0.15) is 17.3 Å². The highest BCUT2D eigenvalue weighted by molar-refractivity contribution is 5.97. The molecule has 0 spiro atoms. The van der Waals surface area contributed by atoms with Gasteiger partial charge in [0, 0.05) is 6.04 Å². The number of para-hydroxylation sites is 1. The van der Waals surface area contributed by atoms with Gasteiger partial charge < -0.3 is 20.6 Å². The average Bonchev–Trinajstić information content (AvgIpc) is 2.21. The SMILES string of the molecule is C[C@H](CO)NC(=O)c1cccc(O)c1O. The number of hydrogen-bond donors (Lipinski definition) is 4. The molecule has 0 bridgehead atoms. The lowest BCUT2D eigenvalue weighted by Gasteiger charge is -2.11. The molecule has 1 aromatic carbocycles. The standard InChI is InChI=1S/C10H13NO4/c1-6(5-12)11-10(15)7-3-2-4-8(13)9(7)14/h2-4,6,12-14H,5H2,1H3,(H,11,15)/t6-/m1/s1. The Morgan fingerprint density at radius 2 is 2.13 bits per heavy atom. The summed E-state index contributed by atoms with van der Waals surface area (Å²) >= 11 is 0. The van der Waals surface area contributed by atoms with Crippen LogP contribution in [-0.4, -0.2) is 33.9 Å². The zero-order valence-corrected chi connectivity index (χ0v) is 8.27. The Morgan fingerprint density at radius 3 is 2.73 bits per heavy atom. The van der Waals surface area contributed by atoms with Crippen LogP contribution in [-0.2, 0) is 0 Å². The summed E-state index contributed by atoms with van der Waals surface area (Å²) in [6.07, 6.45) is 0. The van der Waals surface area contributed by atoms with Crippen molar-refractivity contribution in [3.05, 3.63) is 23.8 Å². The number of rotatable bonds is 3. The molecule has 1 aromatic rings. The molecule has 1 rings (SSSR count). The maximum atomic E-state index is 11.5. The molecule has 1 atom stereocenters. The van der Waals surface area contributed by atoms with Crippen molar-refractivity contribution in [2.24, 2.45) is 0 Å². The van der Waals surface area contributed by atoms with Crippen LogP contribution >= 0.6 is 0 Å². The van der Waals surface area contributed by atoms with Crippen molar-refractivity contribution < 1.29 is 20.1 Å². The molecule has 4 N–H and O–H groups in total. The molecule has 0 radical (unpaired) electrons. The topological polar surface area (TPSA) is 89.8 Å². The summed E-state index contributed by atoms with van der Waals surface area (Å²) in [6.45, 7) is 1.43. The summed E-state index contributed by atoms with van der Waals surface area (Å²) in [5.74, 6) is -1.34. The van der Waals surface area contributed by atoms with Crippen LogP contribution in [0.5, 0.6) is 11.5 Å². The molecule has 5 nitrogen and oxygen atoms in total. The van der Waals surface area contributed by atoms with Gasteiger partial charge in [0.2, 0.25) is 0 Å². The summed E-state index contributed by atoms with van der Waals surface area (Å²) in [5, 5.41) is 29.7. The van der Waals surface area contributed by atoms with E-state index in [1.54, 1.807) is 6.92 Å². The molecule has 0 saturated carbocycles. The lowest BCUT2D eigenvalue weighted by molar-refractivity contribution is 0.0919. The summed E-state index contributed by atoms with van der Waals surface area (Å²) in [4.78, 5) is 11.5. The van der Waals surface area contributed by atoms with Gasteiger partial charge >= 0.3 is 0 Å². The zero-order valence-electron chi connectivity index (χ0n) is 8.27. The Hall–Kier alpha value is -1.75. The van der Waals surface area contributed by atoms with Crippen LogP contribution < -0.4 is 5.32 Å². The van der Waals surface area contributed by atoms with E-state index in [1.165, 1.54) is 18.2 Å². The van der Waals surface area contributed by atoms with Crippen molar-refractivity contribution in [3.63, 3.8) is 0 Å². The van der Waals surface area contributed by atoms with Crippen molar-refractivity contribution in [2.75, 3.05) is 6.61 Å². The van der Waals surface area contributed by atoms with E-state index in [9.17, 15) is 9.90 Å². The van der Waals surface area contributed by atoms with Crippen LogP contribution in [0.2, 0.25) is 0 Å². The van der Waals surface area contributed by atoms with E-state index in [2.05, 4.69) is 5.32 Å². The molecule has 0 aliphatic carbocycles. The monoisotopic (exact) mass is 211 g/mol. The number of benzene rings is 1. The maximum Gasteiger partial charge on any atom is 0.255 e. The van der Waals surface area contributed by atoms with Gasteiger partial charge in [-0.2, -0.15) is 0 Å². The number of aromatic hydroxyl groups is 2. The first-order valence-electron chi connectivity index (χ1n) is 4.49. The second-order valence-corrected chi connectivity index (χ2v) is 3.23. The predicted octanol–water partition coefficient (Wildman–Crippen LogP) is 0.208. The molecule has 5 heteroatoms. The van der Waals surface area contributed by atoms with Crippen LogP contribution in [0.15, 0.2) is 18.2 Å². The minimum absolute atomic E-state index is 0.0182. The summed E-state index contributed by atoms with van der Waals surface area (Å²) in [5.41, 5.74) is -0.0182. The Balaban J connectivity index is 2.87. The van der Waals surface area contributed by atoms with Gasteiger partial charge in [0.1, 0.15) is 0 Å². The van der Waals surface area contributed by atoms with E-state index in [4.69, 9.17) is 10.2 Å². The van der Waals surface area contributed by atoms with Gasteiger partial charge in [0.05, 0.1) is 12.2 Å². The first-order chi connectivity index (χ1) is 7.06. The molecule has 0 unspecified atom stereocenters.